The fourth-order valence-electron chi connectivity index (χ4n) is 2.78. The van der Waals surface area contributed by atoms with E-state index in [-0.39, 0.29) is 17.7 Å². The first-order valence-corrected chi connectivity index (χ1v) is 6.84. The Balaban J connectivity index is 2.76. The van der Waals surface area contributed by atoms with Crippen LogP contribution in [0, 0.1) is 0 Å². The van der Waals surface area contributed by atoms with E-state index in [1.54, 1.807) is 0 Å². The van der Waals surface area contributed by atoms with Crippen LogP contribution in [-0.4, -0.2) is 36.9 Å². The van der Waals surface area contributed by atoms with Crippen LogP contribution in [0.3, 0.4) is 0 Å². The van der Waals surface area contributed by atoms with Crippen LogP contribution < -0.4 is 5.32 Å². The molecule has 18 heavy (non-hydrogen) atoms. The van der Waals surface area contributed by atoms with Crippen molar-refractivity contribution in [3.8, 4) is 0 Å². The van der Waals surface area contributed by atoms with E-state index in [4.69, 9.17) is 9.47 Å². The Morgan fingerprint density at radius 3 is 2.61 bits per heavy atom. The van der Waals surface area contributed by atoms with Crippen molar-refractivity contribution in [2.24, 2.45) is 0 Å². The summed E-state index contributed by atoms with van der Waals surface area (Å²) in [5.41, 5.74) is -0.728. The highest BCUT2D eigenvalue weighted by atomic mass is 16.5. The molecule has 0 aliphatic heterocycles. The van der Waals surface area contributed by atoms with E-state index in [1.807, 2.05) is 6.92 Å². The lowest BCUT2D eigenvalue weighted by Gasteiger charge is -2.41. The van der Waals surface area contributed by atoms with E-state index in [1.165, 1.54) is 7.11 Å². The van der Waals surface area contributed by atoms with Crippen LogP contribution in [0.2, 0.25) is 0 Å². The molecule has 2 unspecified atom stereocenters. The standard InChI is InChI=1S/C14H27NO3/c1-6-15-14(12(16)17-5)9-7-8-11(10-14)18-13(2,3)4/h11,15H,6-10H2,1-5H3. The first kappa shape index (κ1) is 15.4. The van der Waals surface area contributed by atoms with Crippen molar-refractivity contribution >= 4 is 5.97 Å². The highest BCUT2D eigenvalue weighted by molar-refractivity contribution is 5.81. The molecule has 4 heteroatoms. The second-order valence-electron chi connectivity index (χ2n) is 6.05. The summed E-state index contributed by atoms with van der Waals surface area (Å²) >= 11 is 0. The molecule has 2 atom stereocenters. The Bertz CT molecular complexity index is 281. The van der Waals surface area contributed by atoms with Gasteiger partial charge in [-0.2, -0.15) is 0 Å². The van der Waals surface area contributed by atoms with E-state index in [9.17, 15) is 4.79 Å². The molecule has 0 aromatic heterocycles. The number of methoxy groups -OCH3 is 1. The van der Waals surface area contributed by atoms with Crippen LogP contribution in [0.15, 0.2) is 0 Å². The Morgan fingerprint density at radius 2 is 2.11 bits per heavy atom. The number of ether oxygens (including phenoxy) is 2. The van der Waals surface area contributed by atoms with Gasteiger partial charge in [-0.3, -0.25) is 4.79 Å². The summed E-state index contributed by atoms with van der Waals surface area (Å²) in [6.45, 7) is 8.92. The number of nitrogens with one attached hydrogen (secondary N) is 1. The summed E-state index contributed by atoms with van der Waals surface area (Å²) in [4.78, 5) is 12.0. The lowest BCUT2D eigenvalue weighted by Crippen LogP contribution is -2.57. The molecule has 1 rings (SSSR count). The average Bonchev–Trinajstić information content (AvgIpc) is 2.26. The maximum absolute atomic E-state index is 12.0. The van der Waals surface area contributed by atoms with Crippen molar-refractivity contribution < 1.29 is 14.3 Å². The fraction of sp³-hybridized carbons (Fsp3) is 0.929. The second kappa shape index (κ2) is 6.02. The van der Waals surface area contributed by atoms with E-state index in [0.29, 0.717) is 6.42 Å². The largest absolute Gasteiger partial charge is 0.468 e. The third-order valence-corrected chi connectivity index (χ3v) is 3.32. The van der Waals surface area contributed by atoms with Gasteiger partial charge in [-0.25, -0.2) is 0 Å². The van der Waals surface area contributed by atoms with Gasteiger partial charge in [0.2, 0.25) is 0 Å². The molecule has 1 fully saturated rings. The molecule has 0 amide bonds. The minimum Gasteiger partial charge on any atom is -0.468 e. The van der Waals surface area contributed by atoms with Crippen LogP contribution in [0.5, 0.6) is 0 Å². The summed E-state index contributed by atoms with van der Waals surface area (Å²) in [5.74, 6) is -0.161. The van der Waals surface area contributed by atoms with Gasteiger partial charge in [0.25, 0.3) is 0 Å². The number of likely N-dealkylation sites (N-methyl/N-ethyl adjacent to an activating group) is 1. The number of rotatable bonds is 4. The molecule has 0 aromatic carbocycles. The number of carbonyl (C=O) groups excluding carboxylic acids is 1. The molecule has 1 N–H and O–H groups in total. The van der Waals surface area contributed by atoms with Gasteiger partial charge >= 0.3 is 5.97 Å². The molecule has 0 saturated heterocycles. The van der Waals surface area contributed by atoms with Gasteiger partial charge in [0.05, 0.1) is 18.8 Å². The summed E-state index contributed by atoms with van der Waals surface area (Å²) in [6.07, 6.45) is 3.66. The minimum absolute atomic E-state index is 0.122. The molecule has 1 aliphatic carbocycles. The highest BCUT2D eigenvalue weighted by Crippen LogP contribution is 2.33. The molecule has 1 saturated carbocycles. The normalized spacial score (nSPS) is 29.1. The fourth-order valence-corrected chi connectivity index (χ4v) is 2.78. The monoisotopic (exact) mass is 257 g/mol. The van der Waals surface area contributed by atoms with Crippen LogP contribution in [0.25, 0.3) is 0 Å². The van der Waals surface area contributed by atoms with Crippen LogP contribution in [-0.2, 0) is 14.3 Å². The topological polar surface area (TPSA) is 47.6 Å². The Morgan fingerprint density at radius 1 is 1.44 bits per heavy atom. The molecular weight excluding hydrogens is 230 g/mol. The average molecular weight is 257 g/mol. The molecule has 0 spiro atoms. The van der Waals surface area contributed by atoms with Crippen molar-refractivity contribution in [1.29, 1.82) is 0 Å². The number of hydrogen-bond donors (Lipinski definition) is 1. The molecule has 0 aromatic rings. The van der Waals surface area contributed by atoms with E-state index in [2.05, 4.69) is 26.1 Å². The zero-order chi connectivity index (χ0) is 13.8. The predicted molar refractivity (Wildman–Crippen MR) is 71.5 cm³/mol. The molecular formula is C14H27NO3. The Labute approximate surface area is 110 Å². The van der Waals surface area contributed by atoms with Gasteiger partial charge in [0.15, 0.2) is 0 Å². The summed E-state index contributed by atoms with van der Waals surface area (Å²) in [5, 5.41) is 3.31. The predicted octanol–water partition coefficient (Wildman–Crippen LogP) is 2.27. The van der Waals surface area contributed by atoms with Crippen LogP contribution >= 0.6 is 0 Å². The Kier molecular flexibility index (Phi) is 5.17. The van der Waals surface area contributed by atoms with Gasteiger partial charge in [-0.1, -0.05) is 6.92 Å². The quantitative estimate of drug-likeness (QED) is 0.785. The second-order valence-corrected chi connectivity index (χ2v) is 6.05. The SMILES string of the molecule is CCNC1(C(=O)OC)CCCC(OC(C)(C)C)C1. The summed E-state index contributed by atoms with van der Waals surface area (Å²) in [6, 6.07) is 0. The van der Waals surface area contributed by atoms with Crippen LogP contribution in [0.4, 0.5) is 0 Å². The van der Waals surface area contributed by atoms with Gasteiger partial charge < -0.3 is 14.8 Å². The van der Waals surface area contributed by atoms with Gasteiger partial charge in [-0.05, 0) is 46.6 Å². The van der Waals surface area contributed by atoms with Gasteiger partial charge in [-0.15, -0.1) is 0 Å². The Hall–Kier alpha value is -0.610. The molecule has 1 aliphatic rings. The third kappa shape index (κ3) is 3.95. The lowest BCUT2D eigenvalue weighted by atomic mass is 9.79. The van der Waals surface area contributed by atoms with Crippen molar-refractivity contribution in [2.45, 2.75) is 70.6 Å². The maximum atomic E-state index is 12.0. The van der Waals surface area contributed by atoms with Crippen molar-refractivity contribution in [3.05, 3.63) is 0 Å². The first-order chi connectivity index (χ1) is 8.33. The number of carbonyl (C=O) groups is 1. The zero-order valence-corrected chi connectivity index (χ0v) is 12.3. The van der Waals surface area contributed by atoms with Gasteiger partial charge in [0.1, 0.15) is 5.54 Å². The van der Waals surface area contributed by atoms with E-state index >= 15 is 0 Å². The third-order valence-electron chi connectivity index (χ3n) is 3.32. The van der Waals surface area contributed by atoms with Crippen molar-refractivity contribution in [1.82, 2.24) is 5.32 Å². The minimum atomic E-state index is -0.558. The zero-order valence-electron chi connectivity index (χ0n) is 12.3. The summed E-state index contributed by atoms with van der Waals surface area (Å²) < 4.78 is 11.0. The molecule has 0 bridgehead atoms. The maximum Gasteiger partial charge on any atom is 0.326 e. The van der Waals surface area contributed by atoms with Gasteiger partial charge in [0, 0.05) is 6.42 Å². The first-order valence-electron chi connectivity index (χ1n) is 6.84. The molecule has 0 radical (unpaired) electrons. The smallest absolute Gasteiger partial charge is 0.326 e. The van der Waals surface area contributed by atoms with Crippen molar-refractivity contribution in [2.75, 3.05) is 13.7 Å². The highest BCUT2D eigenvalue weighted by Gasteiger charge is 2.44. The van der Waals surface area contributed by atoms with Crippen LogP contribution in [0.1, 0.15) is 53.4 Å². The molecule has 106 valence electrons. The number of hydrogen-bond acceptors (Lipinski definition) is 4. The van der Waals surface area contributed by atoms with E-state index < -0.39 is 5.54 Å². The van der Waals surface area contributed by atoms with Crippen molar-refractivity contribution in [3.63, 3.8) is 0 Å². The summed E-state index contributed by atoms with van der Waals surface area (Å²) in [7, 11) is 1.45. The molecule has 4 nitrogen and oxygen atoms in total. The van der Waals surface area contributed by atoms with E-state index in [0.717, 1.165) is 25.8 Å². The lowest BCUT2D eigenvalue weighted by molar-refractivity contribution is -0.156. The number of esters is 1. The molecule has 0 heterocycles.